The second-order valence-corrected chi connectivity index (χ2v) is 2.14. The lowest BCUT2D eigenvalue weighted by molar-refractivity contribution is 1.47. The van der Waals surface area contributed by atoms with Crippen molar-refractivity contribution in [1.29, 1.82) is 10.5 Å². The molecular weight excluding hydrogens is 150 g/mol. The minimum absolute atomic E-state index is 0.838. The van der Waals surface area contributed by atoms with E-state index in [4.69, 9.17) is 16.3 Å². The first-order valence-electron chi connectivity index (χ1n) is 3.31. The summed E-state index contributed by atoms with van der Waals surface area (Å²) >= 11 is 0. The maximum absolute atomic E-state index is 7.26. The number of anilines is 1. The van der Waals surface area contributed by atoms with Crippen LogP contribution in [0.1, 0.15) is 5.56 Å². The van der Waals surface area contributed by atoms with Gasteiger partial charge in [0.15, 0.2) is 12.1 Å². The molecule has 0 bridgehead atoms. The lowest BCUT2D eigenvalue weighted by Gasteiger charge is -1.91. The second kappa shape index (κ2) is 5.76. The third-order valence-electron chi connectivity index (χ3n) is 1.09. The molecule has 0 unspecified atom stereocenters. The van der Waals surface area contributed by atoms with Gasteiger partial charge in [-0.25, -0.2) is 0 Å². The van der Waals surface area contributed by atoms with Crippen LogP contribution < -0.4 is 5.73 Å². The topological polar surface area (TPSA) is 73.6 Å². The highest BCUT2D eigenvalue weighted by Crippen LogP contribution is 2.03. The van der Waals surface area contributed by atoms with E-state index < -0.39 is 0 Å². The monoisotopic (exact) mass is 159 g/mol. The number of rotatable bonds is 0. The van der Waals surface area contributed by atoms with Crippen molar-refractivity contribution in [2.75, 3.05) is 5.73 Å². The van der Waals surface area contributed by atoms with E-state index in [2.05, 4.69) is 0 Å². The first-order valence-corrected chi connectivity index (χ1v) is 3.31. The molecule has 0 radical (unpaired) electrons. The summed E-state index contributed by atoms with van der Waals surface area (Å²) in [6.45, 7) is 2.02. The highest BCUT2D eigenvalue weighted by atomic mass is 14.5. The second-order valence-electron chi connectivity index (χ2n) is 2.14. The molecule has 1 aromatic carbocycles. The Hall–Kier alpha value is -2.00. The Kier molecular flexibility index (Phi) is 4.80. The minimum Gasteiger partial charge on any atom is -0.399 e. The van der Waals surface area contributed by atoms with Gasteiger partial charge < -0.3 is 5.73 Å². The Morgan fingerprint density at radius 2 is 1.83 bits per heavy atom. The average molecular weight is 159 g/mol. The molecule has 0 spiro atoms. The fourth-order valence-corrected chi connectivity index (χ4v) is 0.670. The van der Waals surface area contributed by atoms with Crippen LogP contribution in [0.2, 0.25) is 0 Å². The molecule has 1 rings (SSSR count). The molecule has 1 aromatic rings. The fourth-order valence-electron chi connectivity index (χ4n) is 0.670. The van der Waals surface area contributed by atoms with E-state index in [0.717, 1.165) is 5.69 Å². The number of benzene rings is 1. The van der Waals surface area contributed by atoms with Gasteiger partial charge in [-0.15, -0.1) is 0 Å². The number of hydrogen-bond donors (Lipinski definition) is 1. The molecular formula is C9H9N3. The molecule has 3 nitrogen and oxygen atoms in total. The van der Waals surface area contributed by atoms with E-state index in [1.165, 1.54) is 17.7 Å². The quantitative estimate of drug-likeness (QED) is 0.584. The zero-order chi connectivity index (χ0) is 9.40. The number of hydrogen-bond acceptors (Lipinski definition) is 3. The molecule has 0 heterocycles. The van der Waals surface area contributed by atoms with Gasteiger partial charge in [-0.1, -0.05) is 12.1 Å². The van der Waals surface area contributed by atoms with Crippen molar-refractivity contribution in [3.8, 4) is 12.1 Å². The first kappa shape index (κ1) is 10.0. The summed E-state index contributed by atoms with van der Waals surface area (Å²) in [6.07, 6.45) is 0. The fraction of sp³-hybridized carbons (Fsp3) is 0.111. The van der Waals surface area contributed by atoms with Gasteiger partial charge in [0, 0.05) is 5.69 Å². The van der Waals surface area contributed by atoms with Crippen molar-refractivity contribution in [2.24, 2.45) is 0 Å². The minimum atomic E-state index is 0.838. The van der Waals surface area contributed by atoms with Crippen LogP contribution >= 0.6 is 0 Å². The summed E-state index contributed by atoms with van der Waals surface area (Å²) in [5.74, 6) is 0. The highest BCUT2D eigenvalue weighted by Gasteiger charge is 1.81. The van der Waals surface area contributed by atoms with Crippen molar-refractivity contribution < 1.29 is 0 Å². The summed E-state index contributed by atoms with van der Waals surface area (Å²) in [5.41, 5.74) is 7.51. The number of aryl methyl sites for hydroxylation is 1. The highest BCUT2D eigenvalue weighted by molar-refractivity contribution is 5.39. The molecule has 12 heavy (non-hydrogen) atoms. The summed E-state index contributed by atoms with van der Waals surface area (Å²) in [7, 11) is 0. The van der Waals surface area contributed by atoms with Crippen LogP contribution in [-0.4, -0.2) is 0 Å². The number of nitriles is 2. The van der Waals surface area contributed by atoms with Crippen molar-refractivity contribution >= 4 is 5.69 Å². The van der Waals surface area contributed by atoms with Crippen LogP contribution in [-0.2, 0) is 0 Å². The van der Waals surface area contributed by atoms with Gasteiger partial charge in [0.25, 0.3) is 0 Å². The van der Waals surface area contributed by atoms with Gasteiger partial charge >= 0.3 is 0 Å². The van der Waals surface area contributed by atoms with Gasteiger partial charge in [-0.3, -0.25) is 0 Å². The molecule has 0 aliphatic heterocycles. The Morgan fingerprint density at radius 3 is 2.08 bits per heavy atom. The molecule has 0 aliphatic carbocycles. The van der Waals surface area contributed by atoms with Gasteiger partial charge in [0.1, 0.15) is 0 Å². The number of nitrogens with two attached hydrogens (primary N) is 1. The lowest BCUT2D eigenvalue weighted by Crippen LogP contribution is -1.82. The van der Waals surface area contributed by atoms with Crippen LogP contribution in [0.3, 0.4) is 0 Å². The van der Waals surface area contributed by atoms with E-state index in [1.54, 1.807) is 0 Å². The van der Waals surface area contributed by atoms with Crippen molar-refractivity contribution in [3.05, 3.63) is 29.8 Å². The summed E-state index contributed by atoms with van der Waals surface area (Å²) in [5, 5.41) is 14.5. The lowest BCUT2D eigenvalue weighted by atomic mass is 10.2. The summed E-state index contributed by atoms with van der Waals surface area (Å²) in [6, 6.07) is 10.3. The molecule has 0 atom stereocenters. The van der Waals surface area contributed by atoms with Gasteiger partial charge in [0.05, 0.1) is 0 Å². The molecule has 60 valence electrons. The average Bonchev–Trinajstić information content (AvgIpc) is 2.04. The standard InChI is InChI=1S/C7H9N.C2N2/c1-6-3-2-4-7(8)5-6;3-1-2-4/h2-5H,8H2,1H3;. The van der Waals surface area contributed by atoms with Crippen LogP contribution in [0.15, 0.2) is 24.3 Å². The Balaban J connectivity index is 0.000000261. The van der Waals surface area contributed by atoms with Crippen molar-refractivity contribution in [3.63, 3.8) is 0 Å². The third kappa shape index (κ3) is 4.84. The normalized spacial score (nSPS) is 6.92. The summed E-state index contributed by atoms with van der Waals surface area (Å²) < 4.78 is 0. The SMILES string of the molecule is Cc1cccc(N)c1.N#CC#N. The van der Waals surface area contributed by atoms with E-state index in [1.807, 2.05) is 31.2 Å². The number of nitrogens with zero attached hydrogens (tertiary/aromatic N) is 2. The first-order chi connectivity index (χ1) is 5.70. The van der Waals surface area contributed by atoms with E-state index >= 15 is 0 Å². The predicted molar refractivity (Wildman–Crippen MR) is 46.8 cm³/mol. The molecule has 0 saturated carbocycles. The predicted octanol–water partition coefficient (Wildman–Crippen LogP) is 1.61. The Labute approximate surface area is 71.7 Å². The zero-order valence-electron chi connectivity index (χ0n) is 6.78. The summed E-state index contributed by atoms with van der Waals surface area (Å²) in [4.78, 5) is 0. The third-order valence-corrected chi connectivity index (χ3v) is 1.09. The van der Waals surface area contributed by atoms with Gasteiger partial charge in [0.2, 0.25) is 0 Å². The molecule has 3 heteroatoms. The van der Waals surface area contributed by atoms with Gasteiger partial charge in [-0.2, -0.15) is 10.5 Å². The van der Waals surface area contributed by atoms with Crippen LogP contribution in [0, 0.1) is 29.6 Å². The molecule has 0 amide bonds. The van der Waals surface area contributed by atoms with Gasteiger partial charge in [-0.05, 0) is 24.6 Å². The molecule has 0 aliphatic rings. The maximum atomic E-state index is 7.26. The smallest absolute Gasteiger partial charge is 0.181 e. The van der Waals surface area contributed by atoms with Crippen molar-refractivity contribution in [2.45, 2.75) is 6.92 Å². The zero-order valence-corrected chi connectivity index (χ0v) is 6.78. The van der Waals surface area contributed by atoms with E-state index in [-0.39, 0.29) is 0 Å². The van der Waals surface area contributed by atoms with E-state index in [9.17, 15) is 0 Å². The van der Waals surface area contributed by atoms with Crippen molar-refractivity contribution in [1.82, 2.24) is 0 Å². The van der Waals surface area contributed by atoms with Crippen LogP contribution in [0.25, 0.3) is 0 Å². The number of nitrogen functional groups attached to an aromatic ring is 1. The van der Waals surface area contributed by atoms with Crippen LogP contribution in [0.5, 0.6) is 0 Å². The maximum Gasteiger partial charge on any atom is 0.181 e. The molecule has 0 fully saturated rings. The van der Waals surface area contributed by atoms with E-state index in [0.29, 0.717) is 0 Å². The largest absolute Gasteiger partial charge is 0.399 e. The van der Waals surface area contributed by atoms with Crippen LogP contribution in [0.4, 0.5) is 5.69 Å². The Morgan fingerprint density at radius 1 is 1.25 bits per heavy atom. The molecule has 0 saturated heterocycles. The molecule has 2 N–H and O–H groups in total. The Bertz CT molecular complexity index is 288. The molecule has 0 aromatic heterocycles.